The molecule has 0 spiro atoms. The van der Waals surface area contributed by atoms with Crippen LogP contribution in [-0.4, -0.2) is 32.9 Å². The van der Waals surface area contributed by atoms with E-state index in [-0.39, 0.29) is 6.03 Å². The van der Waals surface area contributed by atoms with E-state index in [4.69, 9.17) is 4.74 Å². The Morgan fingerprint density at radius 2 is 2.00 bits per heavy atom. The molecule has 0 aliphatic heterocycles. The second-order valence-corrected chi connectivity index (χ2v) is 6.96. The Labute approximate surface area is 168 Å². The smallest absolute Gasteiger partial charge is 0.342 e. The summed E-state index contributed by atoms with van der Waals surface area (Å²) >= 11 is 0. The number of methoxy groups -OCH3 is 1. The predicted octanol–water partition coefficient (Wildman–Crippen LogP) is 3.73. The van der Waals surface area contributed by atoms with Gasteiger partial charge in [-0.15, -0.1) is 0 Å². The second-order valence-electron chi connectivity index (χ2n) is 6.96. The minimum Gasteiger partial charge on any atom is -0.497 e. The second kappa shape index (κ2) is 7.79. The van der Waals surface area contributed by atoms with Crippen molar-refractivity contribution in [1.82, 2.24) is 25.1 Å². The lowest BCUT2D eigenvalue weighted by atomic mass is 10.0. The van der Waals surface area contributed by atoms with Gasteiger partial charge in [0, 0.05) is 42.0 Å². The number of benzene rings is 1. The molecular formula is C22H23N5O2. The average molecular weight is 389 g/mol. The number of rotatable bonds is 5. The molecule has 148 valence electrons. The maximum atomic E-state index is 12.7. The number of hydrogen-bond acceptors (Lipinski definition) is 4. The average Bonchev–Trinajstić information content (AvgIpc) is 3.28. The molecule has 3 aromatic heterocycles. The minimum absolute atomic E-state index is 0.242. The van der Waals surface area contributed by atoms with E-state index in [2.05, 4.69) is 20.4 Å². The van der Waals surface area contributed by atoms with E-state index in [1.165, 1.54) is 4.68 Å². The highest BCUT2D eigenvalue weighted by molar-refractivity contribution is 5.80. The third-order valence-electron chi connectivity index (χ3n) is 5.14. The number of hydrogen-bond donors (Lipinski definition) is 2. The van der Waals surface area contributed by atoms with Crippen molar-refractivity contribution in [2.24, 2.45) is 0 Å². The molecule has 0 bridgehead atoms. The van der Waals surface area contributed by atoms with Crippen molar-refractivity contribution in [1.29, 1.82) is 0 Å². The first kappa shape index (κ1) is 18.7. The molecule has 1 aromatic carbocycles. The summed E-state index contributed by atoms with van der Waals surface area (Å²) in [4.78, 5) is 20.2. The maximum absolute atomic E-state index is 12.7. The summed E-state index contributed by atoms with van der Waals surface area (Å²) in [6.45, 7) is 4.28. The molecule has 0 aliphatic carbocycles. The van der Waals surface area contributed by atoms with Gasteiger partial charge in [0.2, 0.25) is 0 Å². The Morgan fingerprint density at radius 3 is 2.76 bits per heavy atom. The van der Waals surface area contributed by atoms with Crippen LogP contribution in [0.15, 0.2) is 48.8 Å². The molecule has 29 heavy (non-hydrogen) atoms. The molecule has 4 rings (SSSR count). The van der Waals surface area contributed by atoms with Crippen molar-refractivity contribution < 1.29 is 9.53 Å². The van der Waals surface area contributed by atoms with Gasteiger partial charge in [0.25, 0.3) is 0 Å². The molecule has 3 heterocycles. The van der Waals surface area contributed by atoms with E-state index in [0.29, 0.717) is 13.0 Å². The topological polar surface area (TPSA) is 84.8 Å². The number of aromatic nitrogens is 4. The predicted molar refractivity (Wildman–Crippen MR) is 111 cm³/mol. The zero-order chi connectivity index (χ0) is 20.4. The molecule has 0 unspecified atom stereocenters. The van der Waals surface area contributed by atoms with Crippen molar-refractivity contribution in [3.8, 4) is 5.75 Å². The number of nitrogens with zero attached hydrogens (tertiary/aromatic N) is 3. The molecule has 7 heteroatoms. The van der Waals surface area contributed by atoms with Gasteiger partial charge in [-0.3, -0.25) is 0 Å². The Morgan fingerprint density at radius 1 is 1.21 bits per heavy atom. The lowest BCUT2D eigenvalue weighted by Gasteiger charge is -2.08. The van der Waals surface area contributed by atoms with Gasteiger partial charge >= 0.3 is 6.03 Å². The Balaban J connectivity index is 1.50. The number of nitrogens with one attached hydrogen (secondary N) is 2. The molecule has 7 nitrogen and oxygen atoms in total. The molecule has 2 N–H and O–H groups in total. The number of ether oxygens (including phenoxy) is 1. The van der Waals surface area contributed by atoms with E-state index in [1.807, 2.05) is 56.4 Å². The molecule has 0 radical (unpaired) electrons. The van der Waals surface area contributed by atoms with Gasteiger partial charge in [-0.2, -0.15) is 9.78 Å². The summed E-state index contributed by atoms with van der Waals surface area (Å²) in [5.74, 6) is 0.788. The molecule has 0 saturated carbocycles. The number of carbonyl (C=O) groups is 1. The van der Waals surface area contributed by atoms with Crippen LogP contribution in [0, 0.1) is 13.8 Å². The van der Waals surface area contributed by atoms with Gasteiger partial charge in [0.15, 0.2) is 0 Å². The van der Waals surface area contributed by atoms with Gasteiger partial charge in [-0.25, -0.2) is 9.78 Å². The molecular weight excluding hydrogens is 366 g/mol. The quantitative estimate of drug-likeness (QED) is 0.545. The summed E-state index contributed by atoms with van der Waals surface area (Å²) in [5.41, 5.74) is 5.73. The van der Waals surface area contributed by atoms with Crippen LogP contribution in [0.5, 0.6) is 5.75 Å². The summed E-state index contributed by atoms with van der Waals surface area (Å²) in [6, 6.07) is 11.3. The fourth-order valence-corrected chi connectivity index (χ4v) is 3.47. The maximum Gasteiger partial charge on any atom is 0.342 e. The van der Waals surface area contributed by atoms with Gasteiger partial charge in [-0.05, 0) is 49.2 Å². The number of aryl methyl sites for hydroxylation is 1. The number of fused-ring (bicyclic) bond motifs is 1. The van der Waals surface area contributed by atoms with Crippen molar-refractivity contribution in [2.45, 2.75) is 26.8 Å². The summed E-state index contributed by atoms with van der Waals surface area (Å²) in [5, 5.41) is 8.48. The monoisotopic (exact) mass is 389 g/mol. The highest BCUT2D eigenvalue weighted by Crippen LogP contribution is 2.23. The van der Waals surface area contributed by atoms with Crippen LogP contribution in [0.2, 0.25) is 0 Å². The summed E-state index contributed by atoms with van der Waals surface area (Å²) in [6.07, 6.45) is 4.43. The van der Waals surface area contributed by atoms with Crippen molar-refractivity contribution in [2.75, 3.05) is 7.11 Å². The third kappa shape index (κ3) is 3.71. The van der Waals surface area contributed by atoms with Crippen molar-refractivity contribution in [3.63, 3.8) is 0 Å². The molecule has 0 saturated heterocycles. The number of pyridine rings is 1. The van der Waals surface area contributed by atoms with Crippen LogP contribution in [0.4, 0.5) is 4.79 Å². The fourth-order valence-electron chi connectivity index (χ4n) is 3.47. The zero-order valence-corrected chi connectivity index (χ0v) is 16.7. The Hall–Kier alpha value is -3.61. The molecule has 4 aromatic rings. The normalized spacial score (nSPS) is 11.0. The van der Waals surface area contributed by atoms with Crippen LogP contribution in [0.1, 0.15) is 28.1 Å². The number of aromatic amines is 1. The summed E-state index contributed by atoms with van der Waals surface area (Å²) in [7, 11) is 1.63. The number of amides is 1. The third-order valence-corrected chi connectivity index (χ3v) is 5.14. The molecule has 0 fully saturated rings. The van der Waals surface area contributed by atoms with Crippen molar-refractivity contribution in [3.05, 3.63) is 76.9 Å². The molecule has 0 atom stereocenters. The summed E-state index contributed by atoms with van der Waals surface area (Å²) < 4.78 is 6.60. The van der Waals surface area contributed by atoms with E-state index in [1.54, 1.807) is 13.3 Å². The highest BCUT2D eigenvalue weighted by atomic mass is 16.5. The fraction of sp³-hybridized carbons (Fsp3) is 0.227. The standard InChI is InChI=1S/C22H23N5O2/c1-14-20(11-17-13-24-21-19(17)5-4-10-23-21)15(2)27(26-14)22(28)25-12-16-6-8-18(29-3)9-7-16/h4-10,13H,11-12H2,1-3H3,(H,23,24)(H,25,28). The highest BCUT2D eigenvalue weighted by Gasteiger charge is 2.18. The Kier molecular flexibility index (Phi) is 5.03. The largest absolute Gasteiger partial charge is 0.497 e. The van der Waals surface area contributed by atoms with Crippen LogP contribution in [0.25, 0.3) is 11.0 Å². The minimum atomic E-state index is -0.242. The molecule has 0 aliphatic rings. The van der Waals surface area contributed by atoms with Crippen molar-refractivity contribution >= 4 is 17.1 Å². The molecule has 1 amide bonds. The number of H-pyrrole nitrogens is 1. The van der Waals surface area contributed by atoms with E-state index in [9.17, 15) is 4.79 Å². The zero-order valence-electron chi connectivity index (χ0n) is 16.7. The SMILES string of the molecule is COc1ccc(CNC(=O)n2nc(C)c(Cc3c[nH]c4ncccc34)c2C)cc1. The van der Waals surface area contributed by atoms with Gasteiger partial charge in [0.1, 0.15) is 11.4 Å². The van der Waals surface area contributed by atoms with Gasteiger partial charge in [0.05, 0.1) is 12.8 Å². The van der Waals surface area contributed by atoms with E-state index >= 15 is 0 Å². The van der Waals surface area contributed by atoms with Crippen LogP contribution < -0.4 is 10.1 Å². The Bertz CT molecular complexity index is 1160. The first-order valence-electron chi connectivity index (χ1n) is 9.44. The number of carbonyl (C=O) groups excluding carboxylic acids is 1. The first-order valence-corrected chi connectivity index (χ1v) is 9.44. The van der Waals surface area contributed by atoms with Crippen LogP contribution >= 0.6 is 0 Å². The van der Waals surface area contributed by atoms with Gasteiger partial charge in [-0.1, -0.05) is 12.1 Å². The van der Waals surface area contributed by atoms with Crippen LogP contribution in [0.3, 0.4) is 0 Å². The van der Waals surface area contributed by atoms with E-state index < -0.39 is 0 Å². The first-order chi connectivity index (χ1) is 14.1. The lowest BCUT2D eigenvalue weighted by Crippen LogP contribution is -2.29. The van der Waals surface area contributed by atoms with E-state index in [0.717, 1.165) is 44.9 Å². The lowest BCUT2D eigenvalue weighted by molar-refractivity contribution is 0.238. The van der Waals surface area contributed by atoms with Crippen LogP contribution in [-0.2, 0) is 13.0 Å². The van der Waals surface area contributed by atoms with Gasteiger partial charge < -0.3 is 15.0 Å².